The highest BCUT2D eigenvalue weighted by atomic mass is 16.6. The van der Waals surface area contributed by atoms with Crippen molar-refractivity contribution >= 4 is 23.9 Å². The van der Waals surface area contributed by atoms with Gasteiger partial charge in [-0.3, -0.25) is 9.59 Å². The average Bonchev–Trinajstić information content (AvgIpc) is 3.06. The van der Waals surface area contributed by atoms with Crippen molar-refractivity contribution in [2.75, 3.05) is 7.11 Å². The minimum Gasteiger partial charge on any atom is -0.467 e. The number of hydrogen-bond acceptors (Lipinski definition) is 7. The molecule has 0 unspecified atom stereocenters. The highest BCUT2D eigenvalue weighted by Gasteiger charge is 2.40. The minimum absolute atomic E-state index is 0.0374. The lowest BCUT2D eigenvalue weighted by Gasteiger charge is -2.30. The van der Waals surface area contributed by atoms with Crippen LogP contribution in [0.4, 0.5) is 4.79 Å². The predicted octanol–water partition coefficient (Wildman–Crippen LogP) is 1.89. The van der Waals surface area contributed by atoms with Crippen molar-refractivity contribution < 1.29 is 33.8 Å². The van der Waals surface area contributed by atoms with Crippen LogP contribution in [0.2, 0.25) is 0 Å². The molecule has 6 atom stereocenters. The Morgan fingerprint density at radius 2 is 1.65 bits per heavy atom. The molecule has 0 aliphatic heterocycles. The van der Waals surface area contributed by atoms with E-state index < -0.39 is 47.8 Å². The third-order valence-corrected chi connectivity index (χ3v) is 6.12. The molecule has 1 aliphatic rings. The molecule has 1 aliphatic carbocycles. The number of methoxy groups -OCH3 is 1. The molecule has 0 heterocycles. The van der Waals surface area contributed by atoms with Gasteiger partial charge in [-0.05, 0) is 51.4 Å². The zero-order valence-electron chi connectivity index (χ0n) is 21.8. The number of esters is 1. The molecule has 0 aromatic heterocycles. The van der Waals surface area contributed by atoms with E-state index in [2.05, 4.69) is 16.0 Å². The van der Waals surface area contributed by atoms with Crippen molar-refractivity contribution in [1.29, 1.82) is 0 Å². The smallest absolute Gasteiger partial charge is 0.408 e. The lowest BCUT2D eigenvalue weighted by Crippen LogP contribution is -2.56. The second-order valence-electron chi connectivity index (χ2n) is 10.5. The molecule has 1 rings (SSSR count). The fraction of sp³-hybridized carbons (Fsp3) is 0.833. The van der Waals surface area contributed by atoms with Crippen LogP contribution in [-0.4, -0.2) is 65.9 Å². The van der Waals surface area contributed by atoms with Crippen molar-refractivity contribution in [1.82, 2.24) is 16.0 Å². The Hall–Kier alpha value is -2.36. The summed E-state index contributed by atoms with van der Waals surface area (Å²) in [5, 5.41) is 18.7. The summed E-state index contributed by atoms with van der Waals surface area (Å²) in [7, 11) is 1.27. The molecule has 4 N–H and O–H groups in total. The van der Waals surface area contributed by atoms with Gasteiger partial charge in [-0.1, -0.05) is 34.1 Å². The number of aliphatic hydroxyl groups is 1. The molecule has 1 fully saturated rings. The SMILES string of the molecule is CC[C@H](C)[C@H](NC(=O)OC(C)(C)C)C(=O)N[C@@H]1[C@H](CC(=O)N[C@H](C(=O)OC)C(C)C)CC[C@H]1O. The quantitative estimate of drug-likeness (QED) is 0.346. The van der Waals surface area contributed by atoms with Gasteiger partial charge in [-0.25, -0.2) is 9.59 Å². The van der Waals surface area contributed by atoms with Crippen LogP contribution >= 0.6 is 0 Å². The molecule has 10 nitrogen and oxygen atoms in total. The summed E-state index contributed by atoms with van der Waals surface area (Å²) >= 11 is 0. The molecule has 196 valence electrons. The molecule has 1 saturated carbocycles. The summed E-state index contributed by atoms with van der Waals surface area (Å²) in [4.78, 5) is 50.0. The second kappa shape index (κ2) is 12.9. The number of nitrogens with one attached hydrogen (secondary N) is 3. The molecular weight excluding hydrogens is 442 g/mol. The third kappa shape index (κ3) is 9.12. The van der Waals surface area contributed by atoms with Crippen LogP contribution in [0.1, 0.15) is 74.1 Å². The van der Waals surface area contributed by atoms with Gasteiger partial charge in [0.2, 0.25) is 11.8 Å². The zero-order valence-corrected chi connectivity index (χ0v) is 21.8. The highest BCUT2D eigenvalue weighted by Crippen LogP contribution is 2.29. The van der Waals surface area contributed by atoms with Gasteiger partial charge in [0.25, 0.3) is 0 Å². The van der Waals surface area contributed by atoms with Gasteiger partial charge in [0.15, 0.2) is 0 Å². The van der Waals surface area contributed by atoms with E-state index in [1.54, 1.807) is 34.6 Å². The summed E-state index contributed by atoms with van der Waals surface area (Å²) in [5.74, 6) is -1.97. The molecule has 10 heteroatoms. The zero-order chi connectivity index (χ0) is 26.2. The first-order valence-electron chi connectivity index (χ1n) is 12.0. The van der Waals surface area contributed by atoms with Crippen molar-refractivity contribution in [3.63, 3.8) is 0 Å². The molecule has 0 spiro atoms. The normalized spacial score (nSPS) is 22.9. The Bertz CT molecular complexity index is 720. The van der Waals surface area contributed by atoms with Gasteiger partial charge in [-0.15, -0.1) is 0 Å². The third-order valence-electron chi connectivity index (χ3n) is 6.12. The first-order valence-corrected chi connectivity index (χ1v) is 12.0. The van der Waals surface area contributed by atoms with Crippen LogP contribution in [0.5, 0.6) is 0 Å². The van der Waals surface area contributed by atoms with E-state index in [1.807, 2.05) is 13.8 Å². The Morgan fingerprint density at radius 1 is 1.03 bits per heavy atom. The maximum absolute atomic E-state index is 13.1. The van der Waals surface area contributed by atoms with Gasteiger partial charge >= 0.3 is 12.1 Å². The molecule has 0 radical (unpaired) electrons. The number of ether oxygens (including phenoxy) is 2. The first kappa shape index (κ1) is 29.7. The highest BCUT2D eigenvalue weighted by molar-refractivity contribution is 5.87. The molecular formula is C24H43N3O7. The lowest BCUT2D eigenvalue weighted by molar-refractivity contribution is -0.146. The number of hydrogen-bond donors (Lipinski definition) is 4. The molecule has 0 aromatic rings. The molecule has 0 bridgehead atoms. The average molecular weight is 486 g/mol. The van der Waals surface area contributed by atoms with E-state index in [1.165, 1.54) is 7.11 Å². The van der Waals surface area contributed by atoms with Gasteiger partial charge < -0.3 is 30.5 Å². The number of rotatable bonds is 10. The Labute approximate surface area is 202 Å². The maximum Gasteiger partial charge on any atom is 0.408 e. The Balaban J connectivity index is 2.88. The summed E-state index contributed by atoms with van der Waals surface area (Å²) in [6, 6.07) is -2.28. The fourth-order valence-corrected chi connectivity index (χ4v) is 3.99. The molecule has 34 heavy (non-hydrogen) atoms. The fourth-order valence-electron chi connectivity index (χ4n) is 3.99. The van der Waals surface area contributed by atoms with Crippen LogP contribution < -0.4 is 16.0 Å². The van der Waals surface area contributed by atoms with Crippen LogP contribution in [0.3, 0.4) is 0 Å². The number of aliphatic hydroxyl groups excluding tert-OH is 1. The first-order chi connectivity index (χ1) is 15.7. The Kier molecular flexibility index (Phi) is 11.3. The van der Waals surface area contributed by atoms with Crippen molar-refractivity contribution in [3.8, 4) is 0 Å². The number of amides is 3. The summed E-state index contributed by atoms with van der Waals surface area (Å²) in [5.41, 5.74) is -0.710. The van der Waals surface area contributed by atoms with Gasteiger partial charge in [0.05, 0.1) is 19.3 Å². The maximum atomic E-state index is 13.1. The van der Waals surface area contributed by atoms with E-state index in [4.69, 9.17) is 9.47 Å². The van der Waals surface area contributed by atoms with Gasteiger partial charge in [0.1, 0.15) is 17.7 Å². The van der Waals surface area contributed by atoms with Crippen molar-refractivity contribution in [2.24, 2.45) is 17.8 Å². The van der Waals surface area contributed by atoms with Crippen LogP contribution in [0.25, 0.3) is 0 Å². The Morgan fingerprint density at radius 3 is 2.15 bits per heavy atom. The lowest BCUT2D eigenvalue weighted by atomic mass is 9.94. The monoisotopic (exact) mass is 485 g/mol. The topological polar surface area (TPSA) is 143 Å². The van der Waals surface area contributed by atoms with Crippen molar-refractivity contribution in [3.05, 3.63) is 0 Å². The number of carbonyl (C=O) groups excluding carboxylic acids is 4. The molecule has 0 saturated heterocycles. The number of carbonyl (C=O) groups is 4. The van der Waals surface area contributed by atoms with Gasteiger partial charge in [-0.2, -0.15) is 0 Å². The van der Waals surface area contributed by atoms with Crippen molar-refractivity contribution in [2.45, 2.75) is 104 Å². The minimum atomic E-state index is -0.855. The van der Waals surface area contributed by atoms with E-state index in [-0.39, 0.29) is 30.1 Å². The largest absolute Gasteiger partial charge is 0.467 e. The summed E-state index contributed by atoms with van der Waals surface area (Å²) < 4.78 is 10.1. The van der Waals surface area contributed by atoms with E-state index in [0.717, 1.165) is 0 Å². The predicted molar refractivity (Wildman–Crippen MR) is 127 cm³/mol. The van der Waals surface area contributed by atoms with E-state index in [0.29, 0.717) is 19.3 Å². The van der Waals surface area contributed by atoms with E-state index >= 15 is 0 Å². The van der Waals surface area contributed by atoms with Crippen LogP contribution in [0.15, 0.2) is 0 Å². The van der Waals surface area contributed by atoms with E-state index in [9.17, 15) is 24.3 Å². The summed E-state index contributed by atoms with van der Waals surface area (Å²) in [6.07, 6.45) is 0.131. The van der Waals surface area contributed by atoms with Crippen LogP contribution in [0, 0.1) is 17.8 Å². The van der Waals surface area contributed by atoms with Gasteiger partial charge in [0, 0.05) is 6.42 Å². The standard InChI is InChI=1S/C24H43N3O7/c1-9-14(4)19(27-23(32)34-24(5,6)7)21(30)26-20-15(10-11-16(20)28)12-17(29)25-18(13(2)3)22(31)33-8/h13-16,18-20,28H,9-12H2,1-8H3,(H,25,29)(H,26,30)(H,27,32)/t14-,15-,16+,18-,19-,20+/m0/s1. The van der Waals surface area contributed by atoms with Crippen LogP contribution in [-0.2, 0) is 23.9 Å². The second-order valence-corrected chi connectivity index (χ2v) is 10.5. The number of alkyl carbamates (subject to hydrolysis) is 1. The molecule has 3 amide bonds. The summed E-state index contributed by atoms with van der Waals surface area (Å²) in [6.45, 7) is 12.6. The molecule has 0 aromatic carbocycles.